The fraction of sp³-hybridized carbons (Fsp3) is 0.773. The molecule has 0 spiro atoms. The zero-order valence-electron chi connectivity index (χ0n) is 34.6. The maximum atomic E-state index is 12.6. The van der Waals surface area contributed by atoms with Crippen LogP contribution in [0.25, 0.3) is 0 Å². The quantitative estimate of drug-likeness (QED) is 0.0237. The van der Waals surface area contributed by atoms with Gasteiger partial charge in [0.25, 0.3) is 0 Å². The van der Waals surface area contributed by atoms with Gasteiger partial charge in [-0.3, -0.25) is 18.6 Å². The first-order valence-corrected chi connectivity index (χ1v) is 23.1. The van der Waals surface area contributed by atoms with Crippen molar-refractivity contribution in [2.75, 3.05) is 26.4 Å². The van der Waals surface area contributed by atoms with Gasteiger partial charge in [-0.25, -0.2) is 4.57 Å². The summed E-state index contributed by atoms with van der Waals surface area (Å²) in [6, 6.07) is 0. The minimum atomic E-state index is -4.64. The summed E-state index contributed by atoms with van der Waals surface area (Å²) in [6.07, 6.45) is 42.4. The summed E-state index contributed by atoms with van der Waals surface area (Å²) in [6.45, 7) is 2.27. The molecule has 0 aromatic carbocycles. The second kappa shape index (κ2) is 40.1. The fourth-order valence-corrected chi connectivity index (χ4v) is 6.40. The lowest BCUT2D eigenvalue weighted by molar-refractivity contribution is -0.161. The van der Waals surface area contributed by atoms with Crippen LogP contribution in [0.4, 0.5) is 0 Å². The van der Waals surface area contributed by atoms with E-state index in [0.717, 1.165) is 32.1 Å². The number of ether oxygens (including phenoxy) is 2. The van der Waals surface area contributed by atoms with Gasteiger partial charge < -0.3 is 24.6 Å². The normalized spacial score (nSPS) is 14.3. The number of carbonyl (C=O) groups is 2. The number of aliphatic hydroxyl groups excluding tert-OH is 2. The van der Waals surface area contributed by atoms with Gasteiger partial charge in [0.1, 0.15) is 12.7 Å². The van der Waals surface area contributed by atoms with Crippen molar-refractivity contribution < 1.29 is 47.8 Å². The molecule has 10 nitrogen and oxygen atoms in total. The van der Waals surface area contributed by atoms with Crippen molar-refractivity contribution in [1.82, 2.24) is 0 Å². The number of hydrogen-bond acceptors (Lipinski definition) is 9. The van der Waals surface area contributed by atoms with Gasteiger partial charge in [-0.15, -0.1) is 0 Å². The summed E-state index contributed by atoms with van der Waals surface area (Å²) in [5, 5.41) is 18.3. The molecule has 1 unspecified atom stereocenters. The number of aliphatic hydroxyl groups is 2. The van der Waals surface area contributed by atoms with Crippen LogP contribution in [0.3, 0.4) is 0 Å². The average molecular weight is 799 g/mol. The number of phosphoric acid groups is 1. The highest BCUT2D eigenvalue weighted by Gasteiger charge is 2.27. The molecule has 0 aromatic heterocycles. The predicted octanol–water partition coefficient (Wildman–Crippen LogP) is 11.3. The van der Waals surface area contributed by atoms with E-state index in [2.05, 4.69) is 54.8 Å². The first kappa shape index (κ1) is 52.9. The van der Waals surface area contributed by atoms with Gasteiger partial charge in [-0.2, -0.15) is 0 Å². The minimum absolute atomic E-state index is 0.105. The molecule has 55 heavy (non-hydrogen) atoms. The molecule has 0 aromatic rings. The molecule has 3 atom stereocenters. The summed E-state index contributed by atoms with van der Waals surface area (Å²) in [7, 11) is -4.64. The van der Waals surface area contributed by atoms with Gasteiger partial charge in [0.2, 0.25) is 0 Å². The smallest absolute Gasteiger partial charge is 0.462 e. The zero-order valence-corrected chi connectivity index (χ0v) is 35.5. The molecule has 0 bridgehead atoms. The van der Waals surface area contributed by atoms with E-state index in [-0.39, 0.29) is 19.4 Å². The number of carbonyl (C=O) groups excluding carboxylic acids is 2. The van der Waals surface area contributed by atoms with Crippen LogP contribution in [0.15, 0.2) is 48.6 Å². The molecular formula is C44H79O10P. The molecule has 0 amide bonds. The number of phosphoric ester groups is 1. The lowest BCUT2D eigenvalue weighted by Gasteiger charge is -2.20. The second-order valence-electron chi connectivity index (χ2n) is 14.4. The van der Waals surface area contributed by atoms with Gasteiger partial charge in [0.15, 0.2) is 6.10 Å². The molecule has 0 radical (unpaired) electrons. The van der Waals surface area contributed by atoms with Crippen molar-refractivity contribution in [3.63, 3.8) is 0 Å². The van der Waals surface area contributed by atoms with E-state index in [1.54, 1.807) is 0 Å². The van der Waals surface area contributed by atoms with Crippen molar-refractivity contribution in [3.8, 4) is 0 Å². The Labute approximate surface area is 334 Å². The zero-order chi connectivity index (χ0) is 40.5. The Morgan fingerprint density at radius 3 is 1.51 bits per heavy atom. The molecule has 0 aliphatic rings. The van der Waals surface area contributed by atoms with Gasteiger partial charge in [0.05, 0.1) is 19.8 Å². The van der Waals surface area contributed by atoms with E-state index in [4.69, 9.17) is 19.1 Å². The number of esters is 2. The third-order valence-electron chi connectivity index (χ3n) is 8.97. The Morgan fingerprint density at radius 2 is 0.982 bits per heavy atom. The van der Waals surface area contributed by atoms with E-state index >= 15 is 0 Å². The molecule has 0 aliphatic heterocycles. The number of hydrogen-bond donors (Lipinski definition) is 3. The van der Waals surface area contributed by atoms with Crippen LogP contribution in [0.2, 0.25) is 0 Å². The van der Waals surface area contributed by atoms with E-state index in [1.807, 2.05) is 12.2 Å². The lowest BCUT2D eigenvalue weighted by Crippen LogP contribution is -2.29. The molecule has 0 rings (SSSR count). The van der Waals surface area contributed by atoms with Crippen molar-refractivity contribution in [2.24, 2.45) is 0 Å². The van der Waals surface area contributed by atoms with Crippen LogP contribution < -0.4 is 0 Å². The molecule has 0 fully saturated rings. The average Bonchev–Trinajstić information content (AvgIpc) is 3.17. The predicted molar refractivity (Wildman–Crippen MR) is 224 cm³/mol. The van der Waals surface area contributed by atoms with Gasteiger partial charge in [0, 0.05) is 12.8 Å². The maximum absolute atomic E-state index is 12.6. The topological polar surface area (TPSA) is 149 Å². The molecule has 0 heterocycles. The number of allylic oxidation sites excluding steroid dienone is 8. The largest absolute Gasteiger partial charge is 0.472 e. The van der Waals surface area contributed by atoms with E-state index < -0.39 is 51.8 Å². The van der Waals surface area contributed by atoms with Crippen molar-refractivity contribution in [2.45, 2.75) is 193 Å². The number of unbranched alkanes of at least 4 members (excludes halogenated alkanes) is 18. The van der Waals surface area contributed by atoms with Crippen molar-refractivity contribution >= 4 is 19.8 Å². The lowest BCUT2D eigenvalue weighted by atomic mass is 10.1. The van der Waals surface area contributed by atoms with Gasteiger partial charge >= 0.3 is 19.8 Å². The maximum Gasteiger partial charge on any atom is 0.472 e. The van der Waals surface area contributed by atoms with Gasteiger partial charge in [-0.05, 0) is 57.8 Å². The van der Waals surface area contributed by atoms with Crippen molar-refractivity contribution in [1.29, 1.82) is 0 Å². The Balaban J connectivity index is 4.43. The summed E-state index contributed by atoms with van der Waals surface area (Å²) in [4.78, 5) is 34.9. The first-order chi connectivity index (χ1) is 26.7. The summed E-state index contributed by atoms with van der Waals surface area (Å²) in [5.74, 6) is -1.04. The van der Waals surface area contributed by atoms with E-state index in [0.29, 0.717) is 19.3 Å². The Morgan fingerprint density at radius 1 is 0.545 bits per heavy atom. The highest BCUT2D eigenvalue weighted by atomic mass is 31.2. The van der Waals surface area contributed by atoms with Crippen LogP contribution >= 0.6 is 7.82 Å². The highest BCUT2D eigenvalue weighted by Crippen LogP contribution is 2.43. The van der Waals surface area contributed by atoms with Gasteiger partial charge in [-0.1, -0.05) is 159 Å². The molecule has 11 heteroatoms. The minimum Gasteiger partial charge on any atom is -0.462 e. The molecule has 0 saturated heterocycles. The Kier molecular flexibility index (Phi) is 38.6. The summed E-state index contributed by atoms with van der Waals surface area (Å²) < 4.78 is 32.6. The summed E-state index contributed by atoms with van der Waals surface area (Å²) >= 11 is 0. The van der Waals surface area contributed by atoms with Crippen molar-refractivity contribution in [3.05, 3.63) is 48.6 Å². The highest BCUT2D eigenvalue weighted by molar-refractivity contribution is 7.47. The third kappa shape index (κ3) is 39.9. The fourth-order valence-electron chi connectivity index (χ4n) is 5.61. The van der Waals surface area contributed by atoms with Crippen LogP contribution in [0, 0.1) is 0 Å². The Bertz CT molecular complexity index is 1060. The second-order valence-corrected chi connectivity index (χ2v) is 15.8. The van der Waals surface area contributed by atoms with Crippen LogP contribution in [-0.2, 0) is 32.7 Å². The molecule has 3 N–H and O–H groups in total. The molecule has 320 valence electrons. The summed E-state index contributed by atoms with van der Waals surface area (Å²) in [5.41, 5.74) is 0. The van der Waals surface area contributed by atoms with Crippen LogP contribution in [0.5, 0.6) is 0 Å². The van der Waals surface area contributed by atoms with E-state index in [9.17, 15) is 24.2 Å². The first-order valence-electron chi connectivity index (χ1n) is 21.6. The molecule has 0 saturated carbocycles. The Hall–Kier alpha value is -2.07. The van der Waals surface area contributed by atoms with Crippen LogP contribution in [0.1, 0.15) is 181 Å². The SMILES string of the molecule is CCCCCCCC/C=C/C/C=C/C/C=C/CCCC(=O)O[C@H](COC(=O)CC/C=C/CCCCCCCCCCCCC)COP(=O)(O)OC[C@@H](O)CO. The third-order valence-corrected chi connectivity index (χ3v) is 9.92. The van der Waals surface area contributed by atoms with Crippen LogP contribution in [-0.4, -0.2) is 65.7 Å². The standard InChI is InChI=1S/C44H79O10P/c1-3-5-7-9-11-13-15-17-19-20-22-24-26-28-30-32-34-36-44(48)54-42(40-53-55(49,50)52-38-41(46)37-45)39-51-43(47)35-33-31-29-27-25-23-21-18-16-14-12-10-8-6-4-2/h17,19,22,24,28-31,41-42,45-46H,3-16,18,20-21,23,25-27,32-40H2,1-2H3,(H,49,50)/b19-17+,24-22+,30-28+,31-29+/t41-,42+/m0/s1. The monoisotopic (exact) mass is 799 g/mol. The number of rotatable bonds is 40. The molecular weight excluding hydrogens is 719 g/mol. The molecule has 0 aliphatic carbocycles. The van der Waals surface area contributed by atoms with E-state index in [1.165, 1.54) is 103 Å².